The minimum atomic E-state index is -1.03. The van der Waals surface area contributed by atoms with E-state index in [0.717, 1.165) is 14.8 Å². The van der Waals surface area contributed by atoms with E-state index in [-0.39, 0.29) is 19.0 Å². The Hall–Kier alpha value is -1.96. The number of amides is 1. The van der Waals surface area contributed by atoms with E-state index in [0.29, 0.717) is 11.5 Å². The molecule has 1 aromatic carbocycles. The average Bonchev–Trinajstić information content (AvgIpc) is 3.08. The van der Waals surface area contributed by atoms with Crippen LogP contribution < -0.4 is 0 Å². The van der Waals surface area contributed by atoms with Gasteiger partial charge >= 0.3 is 5.97 Å². The van der Waals surface area contributed by atoms with E-state index in [2.05, 4.69) is 6.07 Å². The van der Waals surface area contributed by atoms with Crippen LogP contribution in [0.15, 0.2) is 30.3 Å². The summed E-state index contributed by atoms with van der Waals surface area (Å²) in [5.74, 6) is -1.29. The number of rotatable bonds is 6. The van der Waals surface area contributed by atoms with Gasteiger partial charge in [-0.15, -0.1) is 22.7 Å². The maximum atomic E-state index is 12.6. The Morgan fingerprint density at radius 1 is 1.22 bits per heavy atom. The normalized spacial score (nSPS) is 11.2. The van der Waals surface area contributed by atoms with Crippen molar-refractivity contribution in [2.24, 2.45) is 0 Å². The summed E-state index contributed by atoms with van der Waals surface area (Å²) in [6, 6.07) is 9.93. The molecule has 3 rings (SSSR count). The number of thiophene rings is 2. The minimum absolute atomic E-state index is 0.258. The predicted molar refractivity (Wildman–Crippen MR) is 92.6 cm³/mol. The number of ether oxygens (including phenoxy) is 1. The van der Waals surface area contributed by atoms with Gasteiger partial charge in [0.25, 0.3) is 5.91 Å². The van der Waals surface area contributed by atoms with E-state index in [9.17, 15) is 9.59 Å². The van der Waals surface area contributed by atoms with E-state index < -0.39 is 5.97 Å². The second kappa shape index (κ2) is 6.66. The van der Waals surface area contributed by atoms with E-state index in [1.54, 1.807) is 11.3 Å². The molecule has 7 heteroatoms. The van der Waals surface area contributed by atoms with Gasteiger partial charge in [-0.25, -0.2) is 0 Å². The highest BCUT2D eigenvalue weighted by Gasteiger charge is 2.21. The molecule has 120 valence electrons. The van der Waals surface area contributed by atoms with Crippen LogP contribution in [-0.4, -0.2) is 48.7 Å². The van der Waals surface area contributed by atoms with Crippen LogP contribution >= 0.6 is 22.7 Å². The molecular weight excluding hydrogens is 334 g/mol. The Kier molecular flexibility index (Phi) is 4.61. The van der Waals surface area contributed by atoms with Crippen LogP contribution in [0.2, 0.25) is 0 Å². The van der Waals surface area contributed by atoms with E-state index >= 15 is 0 Å². The van der Waals surface area contributed by atoms with Crippen molar-refractivity contribution >= 4 is 54.0 Å². The van der Waals surface area contributed by atoms with Gasteiger partial charge in [0, 0.05) is 28.4 Å². The number of carbonyl (C=O) groups is 2. The molecule has 0 aliphatic heterocycles. The quantitative estimate of drug-likeness (QED) is 0.741. The summed E-state index contributed by atoms with van der Waals surface area (Å²) < 4.78 is 8.29. The fraction of sp³-hybridized carbons (Fsp3) is 0.250. The molecule has 1 N–H and O–H groups in total. The molecule has 2 heterocycles. The van der Waals surface area contributed by atoms with Crippen LogP contribution in [0.1, 0.15) is 9.67 Å². The van der Waals surface area contributed by atoms with Gasteiger partial charge < -0.3 is 14.7 Å². The first kappa shape index (κ1) is 15.9. The molecule has 1 amide bonds. The van der Waals surface area contributed by atoms with Crippen molar-refractivity contribution in [1.82, 2.24) is 4.90 Å². The summed E-state index contributed by atoms with van der Waals surface area (Å²) in [4.78, 5) is 25.5. The summed E-state index contributed by atoms with van der Waals surface area (Å²) in [7, 11) is 1.52. The molecular formula is C16H15NO4S2. The summed E-state index contributed by atoms with van der Waals surface area (Å²) in [6.07, 6.45) is 0. The molecule has 0 aliphatic rings. The fourth-order valence-corrected chi connectivity index (χ4v) is 4.87. The van der Waals surface area contributed by atoms with Crippen LogP contribution in [0.4, 0.5) is 0 Å². The zero-order valence-electron chi connectivity index (χ0n) is 12.4. The molecule has 0 saturated heterocycles. The Bertz CT molecular complexity index is 867. The summed E-state index contributed by atoms with van der Waals surface area (Å²) >= 11 is 3.06. The minimum Gasteiger partial charge on any atom is -0.480 e. The molecule has 0 atom stereocenters. The molecule has 0 unspecified atom stereocenters. The molecule has 0 fully saturated rings. The number of fused-ring (bicyclic) bond motifs is 3. The van der Waals surface area contributed by atoms with E-state index in [1.807, 2.05) is 24.3 Å². The number of nitrogens with zero attached hydrogens (tertiary/aromatic N) is 1. The first-order valence-electron chi connectivity index (χ1n) is 7.01. The fourth-order valence-electron chi connectivity index (χ4n) is 2.38. The lowest BCUT2D eigenvalue weighted by molar-refractivity contribution is -0.137. The predicted octanol–water partition coefficient (Wildman–Crippen LogP) is 3.29. The van der Waals surface area contributed by atoms with E-state index in [4.69, 9.17) is 9.84 Å². The van der Waals surface area contributed by atoms with Crippen molar-refractivity contribution in [3.05, 3.63) is 35.2 Å². The molecule has 3 aromatic rings. The Morgan fingerprint density at radius 3 is 2.74 bits per heavy atom. The highest BCUT2D eigenvalue weighted by Crippen LogP contribution is 2.39. The number of aliphatic carboxylic acids is 1. The lowest BCUT2D eigenvalue weighted by atomic mass is 10.2. The third-order valence-electron chi connectivity index (χ3n) is 3.44. The third-order valence-corrected chi connectivity index (χ3v) is 5.84. The van der Waals surface area contributed by atoms with Crippen LogP contribution in [0.5, 0.6) is 0 Å². The standard InChI is InChI=1S/C16H15NO4S2/c1-21-7-6-17(9-14(18)19)16(20)13-8-12-15(23-13)10-4-2-3-5-11(10)22-12/h2-5,8H,6-7,9H2,1H3,(H,18,19). The van der Waals surface area contributed by atoms with Gasteiger partial charge in [-0.05, 0) is 12.1 Å². The second-order valence-electron chi connectivity index (χ2n) is 5.02. The Balaban J connectivity index is 1.93. The smallest absolute Gasteiger partial charge is 0.323 e. The number of methoxy groups -OCH3 is 1. The molecule has 2 aromatic heterocycles. The van der Waals surface area contributed by atoms with Crippen molar-refractivity contribution in [2.75, 3.05) is 26.8 Å². The molecule has 23 heavy (non-hydrogen) atoms. The van der Waals surface area contributed by atoms with Crippen molar-refractivity contribution in [3.63, 3.8) is 0 Å². The van der Waals surface area contributed by atoms with Crippen molar-refractivity contribution < 1.29 is 19.4 Å². The van der Waals surface area contributed by atoms with Crippen LogP contribution in [-0.2, 0) is 9.53 Å². The number of benzene rings is 1. The molecule has 0 aliphatic carbocycles. The van der Waals surface area contributed by atoms with Crippen LogP contribution in [0, 0.1) is 0 Å². The van der Waals surface area contributed by atoms with Crippen molar-refractivity contribution in [1.29, 1.82) is 0 Å². The van der Waals surface area contributed by atoms with Gasteiger partial charge in [-0.1, -0.05) is 18.2 Å². The summed E-state index contributed by atoms with van der Waals surface area (Å²) in [6.45, 7) is 0.240. The third kappa shape index (κ3) is 3.21. The molecule has 0 bridgehead atoms. The number of carboxylic acid groups (broad SMARTS) is 1. The second-order valence-corrected chi connectivity index (χ2v) is 7.15. The molecule has 0 saturated carbocycles. The van der Waals surface area contributed by atoms with Gasteiger partial charge in [0.05, 0.1) is 16.2 Å². The monoisotopic (exact) mass is 349 g/mol. The maximum absolute atomic E-state index is 12.6. The lowest BCUT2D eigenvalue weighted by Crippen LogP contribution is -2.37. The van der Waals surface area contributed by atoms with Crippen LogP contribution in [0.3, 0.4) is 0 Å². The van der Waals surface area contributed by atoms with E-state index in [1.165, 1.54) is 28.0 Å². The number of carbonyl (C=O) groups excluding carboxylic acids is 1. The first-order chi connectivity index (χ1) is 11.1. The van der Waals surface area contributed by atoms with Crippen molar-refractivity contribution in [3.8, 4) is 0 Å². The van der Waals surface area contributed by atoms with Gasteiger partial charge in [0.1, 0.15) is 6.54 Å². The lowest BCUT2D eigenvalue weighted by Gasteiger charge is -2.19. The summed E-state index contributed by atoms with van der Waals surface area (Å²) in [5.41, 5.74) is 0. The van der Waals surface area contributed by atoms with Gasteiger partial charge in [-0.3, -0.25) is 9.59 Å². The SMILES string of the molecule is COCCN(CC(=O)O)C(=O)c1cc2sc3ccccc3c2s1. The van der Waals surface area contributed by atoms with Gasteiger partial charge in [0.15, 0.2) is 0 Å². The van der Waals surface area contributed by atoms with Crippen molar-refractivity contribution in [2.45, 2.75) is 0 Å². The average molecular weight is 349 g/mol. The number of carboxylic acids is 1. The maximum Gasteiger partial charge on any atom is 0.323 e. The topological polar surface area (TPSA) is 66.8 Å². The highest BCUT2D eigenvalue weighted by molar-refractivity contribution is 7.33. The Morgan fingerprint density at radius 2 is 2.00 bits per heavy atom. The summed E-state index contributed by atoms with van der Waals surface area (Å²) in [5, 5.41) is 10.1. The molecule has 0 spiro atoms. The van der Waals surface area contributed by atoms with Gasteiger partial charge in [0.2, 0.25) is 0 Å². The molecule has 0 radical (unpaired) electrons. The van der Waals surface area contributed by atoms with Crippen LogP contribution in [0.25, 0.3) is 19.5 Å². The zero-order valence-corrected chi connectivity index (χ0v) is 14.1. The number of hydrogen-bond donors (Lipinski definition) is 1. The highest BCUT2D eigenvalue weighted by atomic mass is 32.1. The molecule has 5 nitrogen and oxygen atoms in total. The zero-order chi connectivity index (χ0) is 16.4. The van der Waals surface area contributed by atoms with Gasteiger partial charge in [-0.2, -0.15) is 0 Å². The Labute approximate surface area is 140 Å². The largest absolute Gasteiger partial charge is 0.480 e. The number of hydrogen-bond acceptors (Lipinski definition) is 5. The first-order valence-corrected chi connectivity index (χ1v) is 8.64.